The first kappa shape index (κ1) is 17.9. The van der Waals surface area contributed by atoms with Gasteiger partial charge in [-0.15, -0.1) is 0 Å². The Hall–Kier alpha value is -3.17. The minimum Gasteiger partial charge on any atom is -0.370 e. The van der Waals surface area contributed by atoms with E-state index in [-0.39, 0.29) is 12.0 Å². The molecule has 3 nitrogen and oxygen atoms in total. The van der Waals surface area contributed by atoms with Crippen molar-refractivity contribution >= 4 is 27.5 Å². The molecule has 1 aliphatic heterocycles. The molecule has 1 aliphatic rings. The molecule has 4 aromatic rings. The minimum atomic E-state index is -0.0943. The van der Waals surface area contributed by atoms with Gasteiger partial charge in [0.25, 0.3) is 0 Å². The van der Waals surface area contributed by atoms with E-state index in [9.17, 15) is 4.79 Å². The monoisotopic (exact) mass is 381 g/mol. The predicted octanol–water partition coefficient (Wildman–Crippen LogP) is 5.58. The molecule has 0 radical (unpaired) electrons. The smallest absolute Gasteiger partial charge is 0.219 e. The van der Waals surface area contributed by atoms with Crippen molar-refractivity contribution in [2.24, 2.45) is 0 Å². The first-order valence-corrected chi connectivity index (χ1v) is 10.1. The molecule has 29 heavy (non-hydrogen) atoms. The molecular formula is C26H23NO2. The fourth-order valence-corrected chi connectivity index (χ4v) is 4.35. The lowest BCUT2D eigenvalue weighted by Crippen LogP contribution is -2.41. The number of morpholine rings is 1. The van der Waals surface area contributed by atoms with Crippen LogP contribution in [0.5, 0.6) is 0 Å². The SMILES string of the molecule is CC(=O)N1CCOC(c2cccc3c(-c4ccc5ccccc5c4)cccc23)C1. The number of carbonyl (C=O) groups excluding carboxylic acids is 1. The molecule has 1 heterocycles. The summed E-state index contributed by atoms with van der Waals surface area (Å²) in [4.78, 5) is 13.7. The lowest BCUT2D eigenvalue weighted by Gasteiger charge is -2.33. The van der Waals surface area contributed by atoms with Crippen LogP contribution in [0.1, 0.15) is 18.6 Å². The largest absolute Gasteiger partial charge is 0.370 e. The molecule has 1 amide bonds. The summed E-state index contributed by atoms with van der Waals surface area (Å²) in [5, 5.41) is 4.89. The Labute approximate surface area is 170 Å². The van der Waals surface area contributed by atoms with Gasteiger partial charge in [-0.3, -0.25) is 4.79 Å². The summed E-state index contributed by atoms with van der Waals surface area (Å²) in [5.41, 5.74) is 3.58. The van der Waals surface area contributed by atoms with Crippen molar-refractivity contribution in [1.82, 2.24) is 4.90 Å². The van der Waals surface area contributed by atoms with E-state index in [4.69, 9.17) is 4.74 Å². The molecule has 144 valence electrons. The van der Waals surface area contributed by atoms with Crippen molar-refractivity contribution < 1.29 is 9.53 Å². The molecule has 0 saturated carbocycles. The highest BCUT2D eigenvalue weighted by atomic mass is 16.5. The van der Waals surface area contributed by atoms with Crippen LogP contribution in [0, 0.1) is 0 Å². The summed E-state index contributed by atoms with van der Waals surface area (Å²) in [6.45, 7) is 3.47. The van der Waals surface area contributed by atoms with Crippen molar-refractivity contribution in [1.29, 1.82) is 0 Å². The number of fused-ring (bicyclic) bond motifs is 2. The van der Waals surface area contributed by atoms with E-state index < -0.39 is 0 Å². The molecule has 1 atom stereocenters. The van der Waals surface area contributed by atoms with Gasteiger partial charge in [0, 0.05) is 13.5 Å². The lowest BCUT2D eigenvalue weighted by atomic mass is 9.92. The number of amides is 1. The Morgan fingerprint density at radius 2 is 1.69 bits per heavy atom. The molecular weight excluding hydrogens is 358 g/mol. The highest BCUT2D eigenvalue weighted by Crippen LogP contribution is 2.35. The Balaban J connectivity index is 1.61. The van der Waals surface area contributed by atoms with E-state index in [2.05, 4.69) is 78.9 Å². The van der Waals surface area contributed by atoms with Gasteiger partial charge in [0.2, 0.25) is 5.91 Å². The molecule has 0 aliphatic carbocycles. The molecule has 1 saturated heterocycles. The van der Waals surface area contributed by atoms with Crippen LogP contribution < -0.4 is 0 Å². The molecule has 0 N–H and O–H groups in total. The number of hydrogen-bond acceptors (Lipinski definition) is 2. The first-order chi connectivity index (χ1) is 14.2. The zero-order valence-corrected chi connectivity index (χ0v) is 16.5. The Bertz CT molecular complexity index is 1210. The van der Waals surface area contributed by atoms with Crippen LogP contribution >= 0.6 is 0 Å². The average molecular weight is 381 g/mol. The van der Waals surface area contributed by atoms with Gasteiger partial charge < -0.3 is 9.64 Å². The molecule has 0 bridgehead atoms. The number of benzene rings is 4. The molecule has 3 heteroatoms. The van der Waals surface area contributed by atoms with Crippen molar-refractivity contribution in [3.8, 4) is 11.1 Å². The van der Waals surface area contributed by atoms with Gasteiger partial charge in [-0.05, 0) is 44.3 Å². The van der Waals surface area contributed by atoms with Crippen LogP contribution in [0.4, 0.5) is 0 Å². The third-order valence-corrected chi connectivity index (χ3v) is 5.87. The molecule has 0 aromatic heterocycles. The van der Waals surface area contributed by atoms with E-state index >= 15 is 0 Å². The van der Waals surface area contributed by atoms with Crippen LogP contribution in [-0.2, 0) is 9.53 Å². The van der Waals surface area contributed by atoms with Gasteiger partial charge in [0.15, 0.2) is 0 Å². The third kappa shape index (κ3) is 3.28. The molecule has 0 spiro atoms. The van der Waals surface area contributed by atoms with Gasteiger partial charge in [0.05, 0.1) is 13.2 Å². The van der Waals surface area contributed by atoms with Gasteiger partial charge in [-0.2, -0.15) is 0 Å². The fourth-order valence-electron chi connectivity index (χ4n) is 4.35. The summed E-state index contributed by atoms with van der Waals surface area (Å²) in [6, 6.07) is 27.9. The highest BCUT2D eigenvalue weighted by molar-refractivity contribution is 6.00. The maximum Gasteiger partial charge on any atom is 0.219 e. The van der Waals surface area contributed by atoms with E-state index in [1.165, 1.54) is 32.7 Å². The van der Waals surface area contributed by atoms with Crippen LogP contribution in [0.3, 0.4) is 0 Å². The van der Waals surface area contributed by atoms with Crippen molar-refractivity contribution in [3.63, 3.8) is 0 Å². The van der Waals surface area contributed by atoms with Gasteiger partial charge >= 0.3 is 0 Å². The third-order valence-electron chi connectivity index (χ3n) is 5.87. The molecule has 1 unspecified atom stereocenters. The highest BCUT2D eigenvalue weighted by Gasteiger charge is 2.25. The second-order valence-corrected chi connectivity index (χ2v) is 7.63. The summed E-state index contributed by atoms with van der Waals surface area (Å²) in [6.07, 6.45) is -0.0943. The van der Waals surface area contributed by atoms with Crippen LogP contribution in [0.2, 0.25) is 0 Å². The van der Waals surface area contributed by atoms with E-state index in [0.717, 1.165) is 5.56 Å². The summed E-state index contributed by atoms with van der Waals surface area (Å²) < 4.78 is 6.06. The number of carbonyl (C=O) groups is 1. The summed E-state index contributed by atoms with van der Waals surface area (Å²) in [5.74, 6) is 0.107. The van der Waals surface area contributed by atoms with Gasteiger partial charge in [0.1, 0.15) is 6.10 Å². The lowest BCUT2D eigenvalue weighted by molar-refractivity contribution is -0.136. The van der Waals surface area contributed by atoms with Crippen molar-refractivity contribution in [2.75, 3.05) is 19.7 Å². The predicted molar refractivity (Wildman–Crippen MR) is 118 cm³/mol. The Kier molecular flexibility index (Phi) is 4.53. The van der Waals surface area contributed by atoms with Crippen LogP contribution in [0.25, 0.3) is 32.7 Å². The zero-order valence-electron chi connectivity index (χ0n) is 16.5. The summed E-state index contributed by atoms with van der Waals surface area (Å²) in [7, 11) is 0. The van der Waals surface area contributed by atoms with Gasteiger partial charge in [-0.1, -0.05) is 72.8 Å². The van der Waals surface area contributed by atoms with Crippen molar-refractivity contribution in [2.45, 2.75) is 13.0 Å². The second kappa shape index (κ2) is 7.34. The van der Waals surface area contributed by atoms with Crippen molar-refractivity contribution in [3.05, 3.63) is 84.4 Å². The Morgan fingerprint density at radius 1 is 0.897 bits per heavy atom. The van der Waals surface area contributed by atoms with Crippen LogP contribution in [0.15, 0.2) is 78.9 Å². The first-order valence-electron chi connectivity index (χ1n) is 10.1. The number of hydrogen-bond donors (Lipinski definition) is 0. The summed E-state index contributed by atoms with van der Waals surface area (Å²) >= 11 is 0. The maximum absolute atomic E-state index is 11.9. The second-order valence-electron chi connectivity index (χ2n) is 7.63. The topological polar surface area (TPSA) is 29.5 Å². The number of rotatable bonds is 2. The normalized spacial score (nSPS) is 17.0. The standard InChI is InChI=1S/C26H23NO2/c1-18(28)27-14-15-29-26(17-27)25-11-5-9-23-22(8-4-10-24(23)25)21-13-12-19-6-2-3-7-20(19)16-21/h2-13,16,26H,14-15,17H2,1H3. The molecule has 5 rings (SSSR count). The fraction of sp³-hybridized carbons (Fsp3) is 0.192. The molecule has 1 fully saturated rings. The average Bonchev–Trinajstić information content (AvgIpc) is 2.78. The quantitative estimate of drug-likeness (QED) is 0.454. The van der Waals surface area contributed by atoms with E-state index in [0.29, 0.717) is 19.7 Å². The zero-order chi connectivity index (χ0) is 19.8. The number of nitrogens with zero attached hydrogens (tertiary/aromatic N) is 1. The van der Waals surface area contributed by atoms with E-state index in [1.54, 1.807) is 6.92 Å². The minimum absolute atomic E-state index is 0.0943. The molecule has 4 aromatic carbocycles. The number of ether oxygens (including phenoxy) is 1. The maximum atomic E-state index is 11.9. The van der Waals surface area contributed by atoms with E-state index in [1.807, 2.05) is 4.90 Å². The van der Waals surface area contributed by atoms with Crippen LogP contribution in [-0.4, -0.2) is 30.5 Å². The van der Waals surface area contributed by atoms with Gasteiger partial charge in [-0.25, -0.2) is 0 Å². The Morgan fingerprint density at radius 3 is 2.55 bits per heavy atom.